The van der Waals surface area contributed by atoms with Crippen LogP contribution in [0.2, 0.25) is 0 Å². The van der Waals surface area contributed by atoms with Crippen molar-refractivity contribution in [1.82, 2.24) is 9.80 Å². The average molecular weight is 805 g/mol. The molecule has 308 valence electrons. The molecule has 0 spiro atoms. The van der Waals surface area contributed by atoms with Gasteiger partial charge in [-0.15, -0.1) is 11.8 Å². The number of morpholine rings is 2. The molecule has 8 atom stereocenters. The highest BCUT2D eigenvalue weighted by atomic mass is 32.2. The summed E-state index contributed by atoms with van der Waals surface area (Å²) in [5.74, 6) is 0.366. The molecule has 2 saturated heterocycles. The number of allylic oxidation sites excluding steroid dienone is 6. The van der Waals surface area contributed by atoms with E-state index in [9.17, 15) is 0 Å². The van der Waals surface area contributed by atoms with Crippen molar-refractivity contribution >= 4 is 11.8 Å². The van der Waals surface area contributed by atoms with Crippen LogP contribution >= 0.6 is 11.8 Å². The summed E-state index contributed by atoms with van der Waals surface area (Å²) in [4.78, 5) is 5.25. The summed E-state index contributed by atoms with van der Waals surface area (Å²) < 4.78 is 14.0. The molecule has 4 nitrogen and oxygen atoms in total. The molecule has 0 bridgehead atoms. The summed E-state index contributed by atoms with van der Waals surface area (Å²) in [5.41, 5.74) is 5.19. The first-order valence-electron chi connectivity index (χ1n) is 22.3. The predicted octanol–water partition coefficient (Wildman–Crippen LogP) is 11.7. The van der Waals surface area contributed by atoms with Gasteiger partial charge in [-0.3, -0.25) is 9.80 Å². The second-order valence-electron chi connectivity index (χ2n) is 17.2. The van der Waals surface area contributed by atoms with Crippen LogP contribution in [0.15, 0.2) is 170 Å². The first-order chi connectivity index (χ1) is 29.1. The topological polar surface area (TPSA) is 24.9 Å². The standard InChI is InChI=1S/C54H64N2O2S/c1-3-31-53(51(45-25-13-7-14-26-45)47-41-55(35-37-57-47)39-43-21-9-5-10-22-43)33-19-17-29-49(53)59-50-30-18-20-34-54(50,32-4-2)52(46-27-15-8-16-28-46)48-42-56(36-38-58-48)40-44-23-11-6-12-24-44/h5-30,33-34,47-52H,3-4,31-32,35-42H2,1-2H3/t47-,48-,49?,50?,51?,52?,53?,54?/m0/s1. The minimum atomic E-state index is -0.154. The van der Waals surface area contributed by atoms with Crippen molar-refractivity contribution < 1.29 is 9.47 Å². The normalized spacial score (nSPS) is 28.4. The van der Waals surface area contributed by atoms with Gasteiger partial charge in [-0.1, -0.05) is 197 Å². The van der Waals surface area contributed by atoms with Crippen LogP contribution in [0.5, 0.6) is 0 Å². The average Bonchev–Trinajstić information content (AvgIpc) is 3.27. The monoisotopic (exact) mass is 804 g/mol. The molecule has 0 radical (unpaired) electrons. The van der Waals surface area contributed by atoms with Crippen LogP contribution in [0.1, 0.15) is 73.6 Å². The molecule has 6 unspecified atom stereocenters. The Labute approximate surface area is 359 Å². The number of nitrogens with zero attached hydrogens (tertiary/aromatic N) is 2. The van der Waals surface area contributed by atoms with Gasteiger partial charge in [0.15, 0.2) is 0 Å². The van der Waals surface area contributed by atoms with E-state index < -0.39 is 0 Å². The Balaban J connectivity index is 1.16. The molecule has 2 aliphatic heterocycles. The maximum atomic E-state index is 6.98. The summed E-state index contributed by atoms with van der Waals surface area (Å²) in [6.45, 7) is 11.9. The Hall–Kier alpha value is -3.97. The Bertz CT molecular complexity index is 1860. The van der Waals surface area contributed by atoms with Crippen molar-refractivity contribution in [3.63, 3.8) is 0 Å². The van der Waals surface area contributed by atoms with E-state index in [1.54, 1.807) is 0 Å². The van der Waals surface area contributed by atoms with Gasteiger partial charge in [0.05, 0.1) is 25.4 Å². The first kappa shape index (κ1) is 41.8. The van der Waals surface area contributed by atoms with Crippen LogP contribution in [-0.4, -0.2) is 71.9 Å². The number of hydrogen-bond donors (Lipinski definition) is 0. The molecular weight excluding hydrogens is 741 g/mol. The van der Waals surface area contributed by atoms with E-state index in [0.29, 0.717) is 0 Å². The first-order valence-corrected chi connectivity index (χ1v) is 23.3. The quantitative estimate of drug-likeness (QED) is 0.112. The van der Waals surface area contributed by atoms with Crippen molar-refractivity contribution in [3.8, 4) is 0 Å². The number of benzene rings is 4. The van der Waals surface area contributed by atoms with Crippen molar-refractivity contribution in [2.45, 2.75) is 87.2 Å². The van der Waals surface area contributed by atoms with Crippen LogP contribution in [0, 0.1) is 10.8 Å². The van der Waals surface area contributed by atoms with Crippen molar-refractivity contribution in [2.75, 3.05) is 39.4 Å². The minimum Gasteiger partial charge on any atom is -0.375 e. The Kier molecular flexibility index (Phi) is 14.2. The molecule has 0 amide bonds. The van der Waals surface area contributed by atoms with Gasteiger partial charge in [-0.2, -0.15) is 0 Å². The number of thioether (sulfide) groups is 1. The molecule has 2 heterocycles. The summed E-state index contributed by atoms with van der Waals surface area (Å²) in [7, 11) is 0. The van der Waals surface area contributed by atoms with E-state index in [0.717, 1.165) is 78.2 Å². The molecule has 2 aliphatic carbocycles. The lowest BCUT2D eigenvalue weighted by molar-refractivity contribution is -0.0633. The predicted molar refractivity (Wildman–Crippen MR) is 248 cm³/mol. The SMILES string of the molecule is CCCC1(C(c2ccccc2)[C@@H]2CN(Cc3ccccc3)CCO2)C=CC=CC1SC1C=CC=CC1(CCC)C(c1ccccc1)[C@@H]1CN(Cc2ccccc2)CCO1. The summed E-state index contributed by atoms with van der Waals surface area (Å²) in [6.07, 6.45) is 24.1. The lowest BCUT2D eigenvalue weighted by atomic mass is 9.62. The largest absolute Gasteiger partial charge is 0.375 e. The molecule has 4 aliphatic rings. The third kappa shape index (κ3) is 9.51. The van der Waals surface area contributed by atoms with E-state index >= 15 is 0 Å². The van der Waals surface area contributed by atoms with Crippen LogP contribution in [0.4, 0.5) is 0 Å². The zero-order valence-electron chi connectivity index (χ0n) is 35.2. The van der Waals surface area contributed by atoms with Crippen LogP contribution < -0.4 is 0 Å². The number of rotatable bonds is 16. The van der Waals surface area contributed by atoms with Gasteiger partial charge in [-0.05, 0) is 35.1 Å². The molecule has 0 saturated carbocycles. The summed E-state index contributed by atoms with van der Waals surface area (Å²) in [6, 6.07) is 44.6. The van der Waals surface area contributed by atoms with Crippen molar-refractivity contribution in [1.29, 1.82) is 0 Å². The lowest BCUT2D eigenvalue weighted by Gasteiger charge is -2.53. The van der Waals surface area contributed by atoms with Crippen molar-refractivity contribution in [3.05, 3.63) is 192 Å². The Morgan fingerprint density at radius 3 is 1.32 bits per heavy atom. The zero-order valence-corrected chi connectivity index (χ0v) is 36.1. The maximum Gasteiger partial charge on any atom is 0.0780 e. The second kappa shape index (κ2) is 20.1. The summed E-state index contributed by atoms with van der Waals surface area (Å²) >= 11 is 2.20. The van der Waals surface area contributed by atoms with Crippen LogP contribution in [0.3, 0.4) is 0 Å². The highest BCUT2D eigenvalue weighted by Crippen LogP contribution is 2.59. The van der Waals surface area contributed by atoms with Gasteiger partial charge in [0.25, 0.3) is 0 Å². The van der Waals surface area contributed by atoms with E-state index in [1.165, 1.54) is 22.3 Å². The Morgan fingerprint density at radius 1 is 0.542 bits per heavy atom. The molecular formula is C54H64N2O2S. The third-order valence-electron chi connectivity index (χ3n) is 13.4. The molecule has 8 rings (SSSR count). The van der Waals surface area contributed by atoms with Gasteiger partial charge in [-0.25, -0.2) is 0 Å². The fraction of sp³-hybridized carbons (Fsp3) is 0.407. The van der Waals surface area contributed by atoms with Gasteiger partial charge in [0, 0.05) is 72.4 Å². The smallest absolute Gasteiger partial charge is 0.0780 e. The molecule has 4 aromatic rings. The molecule has 0 aromatic heterocycles. The van der Waals surface area contributed by atoms with Gasteiger partial charge in [0.1, 0.15) is 0 Å². The molecule has 5 heteroatoms. The summed E-state index contributed by atoms with van der Waals surface area (Å²) in [5, 5.41) is 0.475. The van der Waals surface area contributed by atoms with E-state index in [2.05, 4.69) is 205 Å². The van der Waals surface area contributed by atoms with Crippen molar-refractivity contribution in [2.24, 2.45) is 10.8 Å². The number of hydrogen-bond acceptors (Lipinski definition) is 5. The van der Waals surface area contributed by atoms with E-state index in [-0.39, 0.29) is 45.4 Å². The Morgan fingerprint density at radius 2 is 0.932 bits per heavy atom. The maximum absolute atomic E-state index is 6.98. The van der Waals surface area contributed by atoms with E-state index in [4.69, 9.17) is 9.47 Å². The molecule has 0 N–H and O–H groups in total. The number of ether oxygens (including phenoxy) is 2. The fourth-order valence-corrected chi connectivity index (χ4v) is 12.8. The van der Waals surface area contributed by atoms with Crippen LogP contribution in [-0.2, 0) is 22.6 Å². The highest BCUT2D eigenvalue weighted by Gasteiger charge is 2.53. The van der Waals surface area contributed by atoms with E-state index in [1.807, 2.05) is 0 Å². The van der Waals surface area contributed by atoms with Gasteiger partial charge in [0.2, 0.25) is 0 Å². The zero-order chi connectivity index (χ0) is 40.3. The molecule has 59 heavy (non-hydrogen) atoms. The molecule has 4 aromatic carbocycles. The van der Waals surface area contributed by atoms with Gasteiger partial charge >= 0.3 is 0 Å². The fourth-order valence-electron chi connectivity index (χ4n) is 10.9. The third-order valence-corrected chi connectivity index (χ3v) is 15.2. The minimum absolute atomic E-state index is 0.0613. The van der Waals surface area contributed by atoms with Gasteiger partial charge < -0.3 is 9.47 Å². The van der Waals surface area contributed by atoms with Crippen LogP contribution in [0.25, 0.3) is 0 Å². The highest BCUT2D eigenvalue weighted by molar-refractivity contribution is 8.00. The molecule has 2 fully saturated rings. The lowest BCUT2D eigenvalue weighted by Crippen LogP contribution is -2.53. The second-order valence-corrected chi connectivity index (χ2v) is 18.5.